The number of rotatable bonds is 6. The molecular formula is C14H23NO. The van der Waals surface area contributed by atoms with Crippen molar-refractivity contribution < 1.29 is 5.11 Å². The lowest BCUT2D eigenvalue weighted by molar-refractivity contribution is 0.162. The molecule has 90 valence electrons. The van der Waals surface area contributed by atoms with Gasteiger partial charge in [0.15, 0.2) is 0 Å². The zero-order valence-electron chi connectivity index (χ0n) is 10.5. The van der Waals surface area contributed by atoms with E-state index in [1.807, 2.05) is 6.92 Å². The number of nitrogens with one attached hydrogen (secondary N) is 1. The highest BCUT2D eigenvalue weighted by Crippen LogP contribution is 2.16. The highest BCUT2D eigenvalue weighted by atomic mass is 16.3. The molecule has 0 fully saturated rings. The van der Waals surface area contributed by atoms with Crippen molar-refractivity contribution in [3.8, 4) is 0 Å². The predicted octanol–water partition coefficient (Wildman–Crippen LogP) is 2.81. The Hall–Kier alpha value is -0.860. The van der Waals surface area contributed by atoms with E-state index < -0.39 is 0 Å². The zero-order valence-corrected chi connectivity index (χ0v) is 10.5. The van der Waals surface area contributed by atoms with Gasteiger partial charge in [-0.2, -0.15) is 0 Å². The third-order valence-corrected chi connectivity index (χ3v) is 2.96. The summed E-state index contributed by atoms with van der Waals surface area (Å²) in [5.74, 6) is 0. The first-order valence-corrected chi connectivity index (χ1v) is 6.15. The Morgan fingerprint density at radius 3 is 2.25 bits per heavy atom. The van der Waals surface area contributed by atoms with Gasteiger partial charge in [0.2, 0.25) is 0 Å². The van der Waals surface area contributed by atoms with E-state index >= 15 is 0 Å². The van der Waals surface area contributed by atoms with Gasteiger partial charge in [-0.15, -0.1) is 0 Å². The molecule has 0 aliphatic carbocycles. The maximum absolute atomic E-state index is 9.53. The van der Waals surface area contributed by atoms with Crippen LogP contribution in [0, 0.1) is 6.92 Å². The summed E-state index contributed by atoms with van der Waals surface area (Å²) in [6, 6.07) is 8.94. The van der Waals surface area contributed by atoms with Crippen LogP contribution in [0.15, 0.2) is 24.3 Å². The van der Waals surface area contributed by atoms with Gasteiger partial charge < -0.3 is 10.4 Å². The van der Waals surface area contributed by atoms with E-state index in [-0.39, 0.29) is 6.10 Å². The van der Waals surface area contributed by atoms with E-state index in [1.54, 1.807) is 0 Å². The molecule has 1 aromatic rings. The fraction of sp³-hybridized carbons (Fsp3) is 0.571. The number of aliphatic hydroxyl groups excluding tert-OH is 1. The van der Waals surface area contributed by atoms with Crippen LogP contribution in [0.2, 0.25) is 0 Å². The van der Waals surface area contributed by atoms with E-state index in [1.165, 1.54) is 11.1 Å². The third kappa shape index (κ3) is 3.95. The van der Waals surface area contributed by atoms with Crippen molar-refractivity contribution in [1.82, 2.24) is 5.32 Å². The molecule has 0 heterocycles. The molecule has 16 heavy (non-hydrogen) atoms. The van der Waals surface area contributed by atoms with Crippen molar-refractivity contribution >= 4 is 0 Å². The molecule has 2 heteroatoms. The molecule has 2 nitrogen and oxygen atoms in total. The Morgan fingerprint density at radius 1 is 1.12 bits per heavy atom. The van der Waals surface area contributed by atoms with Gasteiger partial charge in [-0.3, -0.25) is 0 Å². The maximum Gasteiger partial charge on any atom is 0.0662 e. The molecule has 1 unspecified atom stereocenters. The van der Waals surface area contributed by atoms with Gasteiger partial charge >= 0.3 is 0 Å². The Morgan fingerprint density at radius 2 is 1.75 bits per heavy atom. The minimum atomic E-state index is -0.237. The third-order valence-electron chi connectivity index (χ3n) is 2.96. The molecule has 1 rings (SSSR count). The molecule has 0 saturated carbocycles. The Bertz CT molecular complexity index is 294. The number of hydrogen-bond donors (Lipinski definition) is 2. The molecule has 1 aromatic carbocycles. The molecule has 0 spiro atoms. The van der Waals surface area contributed by atoms with Crippen LogP contribution in [0.4, 0.5) is 0 Å². The second-order valence-corrected chi connectivity index (χ2v) is 4.34. The summed E-state index contributed by atoms with van der Waals surface area (Å²) < 4.78 is 0. The molecule has 0 saturated heterocycles. The van der Waals surface area contributed by atoms with Crippen LogP contribution < -0.4 is 5.32 Å². The summed E-state index contributed by atoms with van der Waals surface area (Å²) in [6.07, 6.45) is 1.61. The summed E-state index contributed by atoms with van der Waals surface area (Å²) in [6.45, 7) is 6.93. The zero-order chi connectivity index (χ0) is 12.0. The van der Waals surface area contributed by atoms with E-state index in [2.05, 4.69) is 43.4 Å². The molecule has 0 aliphatic rings. The first-order chi connectivity index (χ1) is 7.67. The van der Waals surface area contributed by atoms with Gasteiger partial charge in [0.05, 0.1) is 6.10 Å². The van der Waals surface area contributed by atoms with Gasteiger partial charge in [0.25, 0.3) is 0 Å². The Labute approximate surface area is 98.7 Å². The van der Waals surface area contributed by atoms with Crippen LogP contribution in [0.5, 0.6) is 0 Å². The Balaban J connectivity index is 2.57. The van der Waals surface area contributed by atoms with Crippen molar-refractivity contribution in [2.45, 2.75) is 45.8 Å². The van der Waals surface area contributed by atoms with E-state index in [4.69, 9.17) is 0 Å². The quantitative estimate of drug-likeness (QED) is 0.774. The average Bonchev–Trinajstić information content (AvgIpc) is 2.31. The van der Waals surface area contributed by atoms with Crippen molar-refractivity contribution in [2.24, 2.45) is 0 Å². The second kappa shape index (κ2) is 6.66. The molecule has 0 radical (unpaired) electrons. The van der Waals surface area contributed by atoms with Crippen LogP contribution >= 0.6 is 0 Å². The number of benzene rings is 1. The predicted molar refractivity (Wildman–Crippen MR) is 68.5 cm³/mol. The summed E-state index contributed by atoms with van der Waals surface area (Å²) in [4.78, 5) is 0. The van der Waals surface area contributed by atoms with Gasteiger partial charge in [0, 0.05) is 12.6 Å². The number of aliphatic hydroxyl groups is 1. The topological polar surface area (TPSA) is 32.3 Å². The lowest BCUT2D eigenvalue weighted by atomic mass is 10.0. The van der Waals surface area contributed by atoms with Gasteiger partial charge in [-0.25, -0.2) is 0 Å². The largest absolute Gasteiger partial charge is 0.392 e. The van der Waals surface area contributed by atoms with Gasteiger partial charge in [-0.1, -0.05) is 43.7 Å². The molecular weight excluding hydrogens is 198 g/mol. The smallest absolute Gasteiger partial charge is 0.0662 e. The first kappa shape index (κ1) is 13.2. The average molecular weight is 221 g/mol. The minimum absolute atomic E-state index is 0.237. The number of aryl methyl sites for hydroxylation is 1. The molecule has 0 bridgehead atoms. The summed E-state index contributed by atoms with van der Waals surface area (Å²) in [5.41, 5.74) is 2.59. The normalized spacial score (nSPS) is 14.8. The molecule has 0 amide bonds. The lowest BCUT2D eigenvalue weighted by Gasteiger charge is -2.19. The fourth-order valence-corrected chi connectivity index (χ4v) is 1.72. The van der Waals surface area contributed by atoms with Crippen molar-refractivity contribution in [3.63, 3.8) is 0 Å². The van der Waals surface area contributed by atoms with Crippen molar-refractivity contribution in [3.05, 3.63) is 35.4 Å². The van der Waals surface area contributed by atoms with Crippen LogP contribution in [0.25, 0.3) is 0 Å². The van der Waals surface area contributed by atoms with Crippen molar-refractivity contribution in [1.29, 1.82) is 0 Å². The van der Waals surface area contributed by atoms with E-state index in [0.717, 1.165) is 12.8 Å². The molecule has 0 aliphatic heterocycles. The highest BCUT2D eigenvalue weighted by molar-refractivity contribution is 5.24. The summed E-state index contributed by atoms with van der Waals surface area (Å²) in [7, 11) is 0. The minimum Gasteiger partial charge on any atom is -0.392 e. The van der Waals surface area contributed by atoms with Crippen LogP contribution in [0.3, 0.4) is 0 Å². The monoisotopic (exact) mass is 221 g/mol. The van der Waals surface area contributed by atoms with Gasteiger partial charge in [0.1, 0.15) is 0 Å². The van der Waals surface area contributed by atoms with E-state index in [9.17, 15) is 5.11 Å². The SMILES string of the molecule is CCC(NC[C@H](O)CC)c1ccc(C)cc1. The first-order valence-electron chi connectivity index (χ1n) is 6.15. The molecule has 2 N–H and O–H groups in total. The Kier molecular flexibility index (Phi) is 5.50. The second-order valence-electron chi connectivity index (χ2n) is 4.34. The maximum atomic E-state index is 9.53. The van der Waals surface area contributed by atoms with Gasteiger partial charge in [-0.05, 0) is 25.3 Å². The lowest BCUT2D eigenvalue weighted by Crippen LogP contribution is -2.29. The fourth-order valence-electron chi connectivity index (χ4n) is 1.72. The number of hydrogen-bond acceptors (Lipinski definition) is 2. The van der Waals surface area contributed by atoms with E-state index in [0.29, 0.717) is 12.6 Å². The highest BCUT2D eigenvalue weighted by Gasteiger charge is 2.09. The molecule has 2 atom stereocenters. The molecule has 0 aromatic heterocycles. The van der Waals surface area contributed by atoms with Crippen LogP contribution in [-0.4, -0.2) is 17.8 Å². The summed E-state index contributed by atoms with van der Waals surface area (Å²) >= 11 is 0. The van der Waals surface area contributed by atoms with Crippen molar-refractivity contribution in [2.75, 3.05) is 6.54 Å². The summed E-state index contributed by atoms with van der Waals surface area (Å²) in [5, 5.41) is 12.9. The standard InChI is InChI=1S/C14H23NO/c1-4-13(16)10-15-14(5-2)12-8-6-11(3)7-9-12/h6-9,13-16H,4-5,10H2,1-3H3/t13-,14?/m1/s1. The van der Waals surface area contributed by atoms with Crippen LogP contribution in [-0.2, 0) is 0 Å². The van der Waals surface area contributed by atoms with Crippen LogP contribution in [0.1, 0.15) is 43.9 Å².